The zero-order chi connectivity index (χ0) is 12.3. The molecule has 1 aliphatic heterocycles. The third kappa shape index (κ3) is 2.83. The van der Waals surface area contributed by atoms with Gasteiger partial charge in [-0.1, -0.05) is 0 Å². The first-order valence-electron chi connectivity index (χ1n) is 5.78. The molecule has 6 heteroatoms. The number of aliphatic hydroxyl groups excluding tert-OH is 1. The molecule has 0 spiro atoms. The number of aliphatic hydroxyl groups is 1. The Morgan fingerprint density at radius 1 is 1.41 bits per heavy atom. The Labute approximate surface area is 100 Å². The van der Waals surface area contributed by atoms with Gasteiger partial charge in [0.15, 0.2) is 0 Å². The number of aromatic nitrogens is 2. The zero-order valence-corrected chi connectivity index (χ0v) is 10.0. The second-order valence-corrected chi connectivity index (χ2v) is 4.26. The van der Waals surface area contributed by atoms with Gasteiger partial charge in [0.05, 0.1) is 5.69 Å². The summed E-state index contributed by atoms with van der Waals surface area (Å²) in [7, 11) is 1.93. The summed E-state index contributed by atoms with van der Waals surface area (Å²) in [5, 5.41) is 12.9. The van der Waals surface area contributed by atoms with Gasteiger partial charge < -0.3 is 10.0 Å². The van der Waals surface area contributed by atoms with Gasteiger partial charge in [0, 0.05) is 46.0 Å². The van der Waals surface area contributed by atoms with E-state index >= 15 is 0 Å². The van der Waals surface area contributed by atoms with Crippen molar-refractivity contribution < 1.29 is 9.90 Å². The van der Waals surface area contributed by atoms with E-state index in [0.29, 0.717) is 13.1 Å². The molecule has 1 N–H and O–H groups in total. The first-order valence-corrected chi connectivity index (χ1v) is 5.78. The third-order valence-electron chi connectivity index (χ3n) is 3.17. The predicted octanol–water partition coefficient (Wildman–Crippen LogP) is -0.943. The molecule has 0 aliphatic carbocycles. The molecule has 1 aromatic heterocycles. The predicted molar refractivity (Wildman–Crippen MR) is 62.2 cm³/mol. The van der Waals surface area contributed by atoms with Gasteiger partial charge in [0.25, 0.3) is 0 Å². The lowest BCUT2D eigenvalue weighted by molar-refractivity contribution is -0.136. The van der Waals surface area contributed by atoms with Crippen LogP contribution < -0.4 is 0 Å². The summed E-state index contributed by atoms with van der Waals surface area (Å²) in [5.41, 5.74) is 1.17. The highest BCUT2D eigenvalue weighted by Crippen LogP contribution is 2.07. The van der Waals surface area contributed by atoms with Crippen LogP contribution in [0, 0.1) is 0 Å². The van der Waals surface area contributed by atoms with E-state index in [1.807, 2.05) is 17.8 Å². The number of hydrogen-bond acceptors (Lipinski definition) is 4. The molecule has 17 heavy (non-hydrogen) atoms. The SMILES string of the molecule is Cn1nccc1CN1CCN(C(=O)CO)CC1. The first kappa shape index (κ1) is 12.1. The van der Waals surface area contributed by atoms with Crippen LogP contribution in [0.2, 0.25) is 0 Å². The van der Waals surface area contributed by atoms with Crippen LogP contribution in [0.3, 0.4) is 0 Å². The number of amides is 1. The number of nitrogens with zero attached hydrogens (tertiary/aromatic N) is 4. The summed E-state index contributed by atoms with van der Waals surface area (Å²) in [5.74, 6) is -0.176. The molecule has 94 valence electrons. The standard InChI is InChI=1S/C11H18N4O2/c1-13-10(2-3-12-13)8-14-4-6-15(7-5-14)11(17)9-16/h2-3,16H,4-9H2,1H3. The number of piperazine rings is 1. The average Bonchev–Trinajstić information content (AvgIpc) is 2.75. The maximum Gasteiger partial charge on any atom is 0.248 e. The second-order valence-electron chi connectivity index (χ2n) is 4.26. The molecule has 1 fully saturated rings. The monoisotopic (exact) mass is 238 g/mol. The van der Waals surface area contributed by atoms with Gasteiger partial charge in [-0.3, -0.25) is 14.4 Å². The maximum atomic E-state index is 11.3. The first-order chi connectivity index (χ1) is 8.20. The van der Waals surface area contributed by atoms with E-state index in [-0.39, 0.29) is 12.5 Å². The molecule has 1 aromatic rings. The van der Waals surface area contributed by atoms with E-state index in [1.165, 1.54) is 5.69 Å². The minimum atomic E-state index is -0.387. The van der Waals surface area contributed by atoms with E-state index in [1.54, 1.807) is 11.1 Å². The van der Waals surface area contributed by atoms with Gasteiger partial charge in [-0.05, 0) is 6.07 Å². The molecule has 0 saturated carbocycles. The van der Waals surface area contributed by atoms with Crippen LogP contribution in [0.25, 0.3) is 0 Å². The van der Waals surface area contributed by atoms with Crippen molar-refractivity contribution in [3.63, 3.8) is 0 Å². The maximum absolute atomic E-state index is 11.3. The minimum Gasteiger partial charge on any atom is -0.387 e. The fourth-order valence-electron chi connectivity index (χ4n) is 2.04. The van der Waals surface area contributed by atoms with E-state index in [2.05, 4.69) is 10.00 Å². The van der Waals surface area contributed by atoms with E-state index < -0.39 is 0 Å². The quantitative estimate of drug-likeness (QED) is 0.738. The topological polar surface area (TPSA) is 61.6 Å². The number of aryl methyl sites for hydroxylation is 1. The smallest absolute Gasteiger partial charge is 0.248 e. The van der Waals surface area contributed by atoms with Crippen molar-refractivity contribution in [2.75, 3.05) is 32.8 Å². The summed E-state index contributed by atoms with van der Waals surface area (Å²) in [6, 6.07) is 2.01. The summed E-state index contributed by atoms with van der Waals surface area (Å²) < 4.78 is 1.87. The van der Waals surface area contributed by atoms with Gasteiger partial charge in [-0.2, -0.15) is 5.10 Å². The minimum absolute atomic E-state index is 0.176. The molecule has 0 radical (unpaired) electrons. The van der Waals surface area contributed by atoms with E-state index in [4.69, 9.17) is 5.11 Å². The normalized spacial score (nSPS) is 17.4. The summed E-state index contributed by atoms with van der Waals surface area (Å²) >= 11 is 0. The van der Waals surface area contributed by atoms with Crippen LogP contribution in [-0.2, 0) is 18.4 Å². The number of rotatable bonds is 3. The van der Waals surface area contributed by atoms with Gasteiger partial charge in [-0.25, -0.2) is 0 Å². The van der Waals surface area contributed by atoms with Gasteiger partial charge in [0.2, 0.25) is 5.91 Å². The molecule has 1 aliphatic rings. The molecule has 0 aromatic carbocycles. The Kier molecular flexibility index (Phi) is 3.75. The third-order valence-corrected chi connectivity index (χ3v) is 3.17. The molecule has 0 bridgehead atoms. The number of carbonyl (C=O) groups is 1. The van der Waals surface area contributed by atoms with Crippen molar-refractivity contribution in [3.8, 4) is 0 Å². The van der Waals surface area contributed by atoms with Crippen LogP contribution in [-0.4, -0.2) is 63.4 Å². The highest BCUT2D eigenvalue weighted by molar-refractivity contribution is 5.77. The Morgan fingerprint density at radius 3 is 2.65 bits per heavy atom. The van der Waals surface area contributed by atoms with Crippen LogP contribution in [0.15, 0.2) is 12.3 Å². The summed E-state index contributed by atoms with van der Waals surface area (Å²) in [6.45, 7) is 3.54. The summed E-state index contributed by atoms with van der Waals surface area (Å²) in [4.78, 5) is 15.3. The number of carbonyl (C=O) groups excluding carboxylic acids is 1. The highest BCUT2D eigenvalue weighted by Gasteiger charge is 2.20. The van der Waals surface area contributed by atoms with Crippen LogP contribution in [0.5, 0.6) is 0 Å². The Morgan fingerprint density at radius 2 is 2.12 bits per heavy atom. The molecule has 2 rings (SSSR count). The van der Waals surface area contributed by atoms with Crippen molar-refractivity contribution in [2.45, 2.75) is 6.54 Å². The lowest BCUT2D eigenvalue weighted by Crippen LogP contribution is -2.49. The highest BCUT2D eigenvalue weighted by atomic mass is 16.3. The largest absolute Gasteiger partial charge is 0.387 e. The molecule has 2 heterocycles. The van der Waals surface area contributed by atoms with Crippen molar-refractivity contribution in [1.82, 2.24) is 19.6 Å². The lowest BCUT2D eigenvalue weighted by Gasteiger charge is -2.34. The van der Waals surface area contributed by atoms with Gasteiger partial charge in [-0.15, -0.1) is 0 Å². The van der Waals surface area contributed by atoms with E-state index in [0.717, 1.165) is 19.6 Å². The zero-order valence-electron chi connectivity index (χ0n) is 10.0. The number of hydrogen-bond donors (Lipinski definition) is 1. The Balaban J connectivity index is 1.83. The average molecular weight is 238 g/mol. The van der Waals surface area contributed by atoms with Crippen molar-refractivity contribution in [3.05, 3.63) is 18.0 Å². The molecular formula is C11H18N4O2. The van der Waals surface area contributed by atoms with Crippen LogP contribution in [0.1, 0.15) is 5.69 Å². The van der Waals surface area contributed by atoms with Crippen molar-refractivity contribution in [1.29, 1.82) is 0 Å². The molecule has 6 nitrogen and oxygen atoms in total. The van der Waals surface area contributed by atoms with Crippen molar-refractivity contribution in [2.24, 2.45) is 7.05 Å². The lowest BCUT2D eigenvalue weighted by atomic mass is 10.3. The molecule has 0 atom stereocenters. The molecule has 1 amide bonds. The molecule has 0 unspecified atom stereocenters. The van der Waals surface area contributed by atoms with Crippen LogP contribution in [0.4, 0.5) is 0 Å². The molecule has 1 saturated heterocycles. The van der Waals surface area contributed by atoms with Gasteiger partial charge in [0.1, 0.15) is 6.61 Å². The fraction of sp³-hybridized carbons (Fsp3) is 0.636. The summed E-state index contributed by atoms with van der Waals surface area (Å²) in [6.07, 6.45) is 1.79. The fourth-order valence-corrected chi connectivity index (χ4v) is 2.04. The molecular weight excluding hydrogens is 220 g/mol. The second kappa shape index (κ2) is 5.29. The van der Waals surface area contributed by atoms with Crippen LogP contribution >= 0.6 is 0 Å². The Hall–Kier alpha value is -1.40. The van der Waals surface area contributed by atoms with Gasteiger partial charge >= 0.3 is 0 Å². The van der Waals surface area contributed by atoms with Crippen molar-refractivity contribution >= 4 is 5.91 Å². The van der Waals surface area contributed by atoms with E-state index in [9.17, 15) is 4.79 Å². The Bertz CT molecular complexity index is 383.